The van der Waals surface area contributed by atoms with Crippen LogP contribution >= 0.6 is 15.9 Å². The van der Waals surface area contributed by atoms with Crippen LogP contribution in [0.2, 0.25) is 0 Å². The van der Waals surface area contributed by atoms with Gasteiger partial charge >= 0.3 is 5.97 Å². The fourth-order valence-corrected chi connectivity index (χ4v) is 1.64. The Hall–Kier alpha value is -1.62. The van der Waals surface area contributed by atoms with Crippen molar-refractivity contribution in [2.24, 2.45) is 0 Å². The van der Waals surface area contributed by atoms with Crippen LogP contribution < -0.4 is 0 Å². The van der Waals surface area contributed by atoms with E-state index in [1.54, 1.807) is 35.1 Å². The molecule has 0 saturated heterocycles. The first-order chi connectivity index (χ1) is 7.18. The van der Waals surface area contributed by atoms with Crippen molar-refractivity contribution in [2.75, 3.05) is 0 Å². The summed E-state index contributed by atoms with van der Waals surface area (Å²) < 4.78 is 2.50. The highest BCUT2D eigenvalue weighted by Crippen LogP contribution is 2.15. The number of aromatic carboxylic acids is 1. The Labute approximate surface area is 94.3 Å². The molecule has 0 aliphatic rings. The van der Waals surface area contributed by atoms with Gasteiger partial charge in [-0.05, 0) is 46.3 Å². The molecule has 76 valence electrons. The highest BCUT2D eigenvalue weighted by atomic mass is 79.9. The van der Waals surface area contributed by atoms with Crippen LogP contribution in [0.1, 0.15) is 10.4 Å². The molecule has 0 fully saturated rings. The van der Waals surface area contributed by atoms with Crippen molar-refractivity contribution in [3.8, 4) is 5.69 Å². The molecule has 0 saturated carbocycles. The molecule has 1 aromatic carbocycles. The Morgan fingerprint density at radius 1 is 1.27 bits per heavy atom. The number of benzene rings is 1. The molecule has 1 aromatic heterocycles. The van der Waals surface area contributed by atoms with Crippen molar-refractivity contribution < 1.29 is 9.90 Å². The summed E-state index contributed by atoms with van der Waals surface area (Å²) in [6.07, 6.45) is 1.66. The third kappa shape index (κ3) is 1.92. The minimum atomic E-state index is -0.930. The standard InChI is InChI=1S/C10H7BrN2O2/c11-9-5-6-12-13(9)8-3-1-7(2-4-8)10(14)15/h1-6H,(H,14,15). The molecule has 0 amide bonds. The Balaban J connectivity index is 2.40. The van der Waals surface area contributed by atoms with E-state index in [0.717, 1.165) is 10.3 Å². The van der Waals surface area contributed by atoms with Gasteiger partial charge in [0.1, 0.15) is 4.60 Å². The molecule has 0 aliphatic heterocycles. The minimum absolute atomic E-state index is 0.266. The van der Waals surface area contributed by atoms with Gasteiger partial charge in [-0.1, -0.05) is 0 Å². The number of carboxylic acid groups (broad SMARTS) is 1. The van der Waals surface area contributed by atoms with E-state index in [1.165, 1.54) is 0 Å². The van der Waals surface area contributed by atoms with E-state index in [-0.39, 0.29) is 5.56 Å². The second-order valence-electron chi connectivity index (χ2n) is 2.92. The molecule has 1 heterocycles. The van der Waals surface area contributed by atoms with E-state index in [0.29, 0.717) is 0 Å². The van der Waals surface area contributed by atoms with Gasteiger partial charge in [-0.15, -0.1) is 0 Å². The molecule has 2 rings (SSSR count). The lowest BCUT2D eigenvalue weighted by Gasteiger charge is -2.03. The van der Waals surface area contributed by atoms with Gasteiger partial charge in [0.2, 0.25) is 0 Å². The number of carboxylic acids is 1. The summed E-state index contributed by atoms with van der Waals surface area (Å²) in [6.45, 7) is 0. The predicted octanol–water partition coefficient (Wildman–Crippen LogP) is 2.33. The molecule has 4 nitrogen and oxygen atoms in total. The maximum atomic E-state index is 10.6. The van der Waals surface area contributed by atoms with Crippen LogP contribution in [0.4, 0.5) is 0 Å². The van der Waals surface area contributed by atoms with Crippen LogP contribution in [-0.2, 0) is 0 Å². The zero-order chi connectivity index (χ0) is 10.8. The van der Waals surface area contributed by atoms with Crippen molar-refractivity contribution in [1.82, 2.24) is 9.78 Å². The Morgan fingerprint density at radius 3 is 2.40 bits per heavy atom. The van der Waals surface area contributed by atoms with Crippen LogP contribution in [-0.4, -0.2) is 20.9 Å². The molecule has 2 aromatic rings. The lowest BCUT2D eigenvalue weighted by Crippen LogP contribution is -1.99. The first-order valence-corrected chi connectivity index (χ1v) is 5.01. The summed E-state index contributed by atoms with van der Waals surface area (Å²) in [4.78, 5) is 10.6. The highest BCUT2D eigenvalue weighted by Gasteiger charge is 2.04. The third-order valence-electron chi connectivity index (χ3n) is 1.96. The SMILES string of the molecule is O=C(O)c1ccc(-n2nccc2Br)cc1. The van der Waals surface area contributed by atoms with Crippen molar-refractivity contribution in [1.29, 1.82) is 0 Å². The number of hydrogen-bond acceptors (Lipinski definition) is 2. The zero-order valence-electron chi connectivity index (χ0n) is 7.59. The molecule has 0 radical (unpaired) electrons. The summed E-state index contributed by atoms with van der Waals surface area (Å²) >= 11 is 3.33. The zero-order valence-corrected chi connectivity index (χ0v) is 9.18. The van der Waals surface area contributed by atoms with E-state index in [2.05, 4.69) is 21.0 Å². The lowest BCUT2D eigenvalue weighted by molar-refractivity contribution is 0.0697. The van der Waals surface area contributed by atoms with E-state index in [1.807, 2.05) is 6.07 Å². The molecular weight excluding hydrogens is 260 g/mol. The van der Waals surface area contributed by atoms with Gasteiger partial charge in [-0.25, -0.2) is 9.48 Å². The molecule has 1 N–H and O–H groups in total. The summed E-state index contributed by atoms with van der Waals surface area (Å²) in [5.74, 6) is -0.930. The number of nitrogens with zero attached hydrogens (tertiary/aromatic N) is 2. The quantitative estimate of drug-likeness (QED) is 0.908. The van der Waals surface area contributed by atoms with Gasteiger partial charge in [-0.3, -0.25) is 0 Å². The highest BCUT2D eigenvalue weighted by molar-refractivity contribution is 9.10. The summed E-state index contributed by atoms with van der Waals surface area (Å²) in [6, 6.07) is 8.32. The Morgan fingerprint density at radius 2 is 1.93 bits per heavy atom. The van der Waals surface area contributed by atoms with Gasteiger partial charge in [0.15, 0.2) is 0 Å². The molecule has 0 atom stereocenters. The summed E-state index contributed by atoms with van der Waals surface area (Å²) in [7, 11) is 0. The third-order valence-corrected chi connectivity index (χ3v) is 2.56. The number of hydrogen-bond donors (Lipinski definition) is 1. The van der Waals surface area contributed by atoms with Gasteiger partial charge in [0, 0.05) is 0 Å². The predicted molar refractivity (Wildman–Crippen MR) is 58.2 cm³/mol. The van der Waals surface area contributed by atoms with Crippen LogP contribution in [0.3, 0.4) is 0 Å². The fourth-order valence-electron chi connectivity index (χ4n) is 1.22. The average Bonchev–Trinajstić information content (AvgIpc) is 2.65. The molecule has 0 bridgehead atoms. The first-order valence-electron chi connectivity index (χ1n) is 4.22. The fraction of sp³-hybridized carbons (Fsp3) is 0. The van der Waals surface area contributed by atoms with Crippen LogP contribution in [0.5, 0.6) is 0 Å². The molecule has 0 unspecified atom stereocenters. The number of carbonyl (C=O) groups is 1. The van der Waals surface area contributed by atoms with E-state index >= 15 is 0 Å². The van der Waals surface area contributed by atoms with Crippen LogP contribution in [0, 0.1) is 0 Å². The van der Waals surface area contributed by atoms with E-state index < -0.39 is 5.97 Å². The maximum absolute atomic E-state index is 10.6. The molecule has 15 heavy (non-hydrogen) atoms. The van der Waals surface area contributed by atoms with Crippen molar-refractivity contribution >= 4 is 21.9 Å². The van der Waals surface area contributed by atoms with Gasteiger partial charge in [0.25, 0.3) is 0 Å². The number of halogens is 1. The van der Waals surface area contributed by atoms with Crippen LogP contribution in [0.15, 0.2) is 41.1 Å². The van der Waals surface area contributed by atoms with E-state index in [4.69, 9.17) is 5.11 Å². The normalized spacial score (nSPS) is 10.2. The Bertz CT molecular complexity index is 490. The Kier molecular flexibility index (Phi) is 2.55. The number of rotatable bonds is 2. The van der Waals surface area contributed by atoms with Crippen molar-refractivity contribution in [3.63, 3.8) is 0 Å². The van der Waals surface area contributed by atoms with Gasteiger partial charge in [-0.2, -0.15) is 5.10 Å². The van der Waals surface area contributed by atoms with Gasteiger partial charge in [0.05, 0.1) is 17.4 Å². The average molecular weight is 267 g/mol. The monoisotopic (exact) mass is 266 g/mol. The second kappa shape index (κ2) is 3.86. The van der Waals surface area contributed by atoms with E-state index in [9.17, 15) is 4.79 Å². The molecule has 5 heteroatoms. The lowest BCUT2D eigenvalue weighted by atomic mass is 10.2. The van der Waals surface area contributed by atoms with Gasteiger partial charge < -0.3 is 5.11 Å². The van der Waals surface area contributed by atoms with Crippen molar-refractivity contribution in [2.45, 2.75) is 0 Å². The first kappa shape index (κ1) is 9.92. The molecule has 0 aliphatic carbocycles. The smallest absolute Gasteiger partial charge is 0.335 e. The topological polar surface area (TPSA) is 55.1 Å². The summed E-state index contributed by atoms with van der Waals surface area (Å²) in [5.41, 5.74) is 1.08. The molecular formula is C10H7BrN2O2. The minimum Gasteiger partial charge on any atom is -0.478 e. The number of aromatic nitrogens is 2. The van der Waals surface area contributed by atoms with Crippen LogP contribution in [0.25, 0.3) is 5.69 Å². The van der Waals surface area contributed by atoms with Crippen molar-refractivity contribution in [3.05, 3.63) is 46.7 Å². The molecule has 0 spiro atoms. The maximum Gasteiger partial charge on any atom is 0.335 e. The summed E-state index contributed by atoms with van der Waals surface area (Å²) in [5, 5.41) is 12.8. The second-order valence-corrected chi connectivity index (χ2v) is 3.73. The largest absolute Gasteiger partial charge is 0.478 e.